The number of alkyl halides is 3. The summed E-state index contributed by atoms with van der Waals surface area (Å²) >= 11 is 0. The van der Waals surface area contributed by atoms with E-state index in [9.17, 15) is 13.2 Å². The Hall–Kier alpha value is -1.23. The molecule has 1 fully saturated rings. The molecule has 0 amide bonds. The summed E-state index contributed by atoms with van der Waals surface area (Å²) < 4.78 is 47.2. The van der Waals surface area contributed by atoms with Gasteiger partial charge in [-0.3, -0.25) is 0 Å². The topological polar surface area (TPSA) is 21.8 Å². The fraction of sp³-hybridized carbons (Fsp3) is 0.400. The molecule has 1 saturated heterocycles. The molecular weight excluding hydrogens is 209 g/mol. The van der Waals surface area contributed by atoms with Gasteiger partial charge in [-0.05, 0) is 23.8 Å². The SMILES string of the molecule is COc1cc(C2CO2)cc(C(F)(F)F)c1. The summed E-state index contributed by atoms with van der Waals surface area (Å²) in [7, 11) is 1.34. The van der Waals surface area contributed by atoms with Crippen LogP contribution in [0.5, 0.6) is 5.75 Å². The second-order valence-corrected chi connectivity index (χ2v) is 3.31. The zero-order valence-electron chi connectivity index (χ0n) is 7.97. The predicted molar refractivity (Wildman–Crippen MR) is 46.7 cm³/mol. The van der Waals surface area contributed by atoms with Crippen molar-refractivity contribution in [1.82, 2.24) is 0 Å². The first-order valence-corrected chi connectivity index (χ1v) is 4.38. The van der Waals surface area contributed by atoms with Gasteiger partial charge in [-0.2, -0.15) is 13.2 Å². The van der Waals surface area contributed by atoms with Crippen molar-refractivity contribution in [1.29, 1.82) is 0 Å². The minimum Gasteiger partial charge on any atom is -0.497 e. The van der Waals surface area contributed by atoms with Crippen LogP contribution in [0.25, 0.3) is 0 Å². The first kappa shape index (κ1) is 10.3. The van der Waals surface area contributed by atoms with E-state index in [2.05, 4.69) is 0 Å². The number of benzene rings is 1. The van der Waals surface area contributed by atoms with Crippen LogP contribution in [-0.2, 0) is 10.9 Å². The maximum absolute atomic E-state index is 12.5. The van der Waals surface area contributed by atoms with Crippen molar-refractivity contribution in [3.05, 3.63) is 29.3 Å². The van der Waals surface area contributed by atoms with Crippen LogP contribution in [0, 0.1) is 0 Å². The van der Waals surface area contributed by atoms with Crippen molar-refractivity contribution in [2.45, 2.75) is 12.3 Å². The van der Waals surface area contributed by atoms with E-state index >= 15 is 0 Å². The highest BCUT2D eigenvalue weighted by Crippen LogP contribution is 2.37. The molecule has 1 atom stereocenters. The molecule has 0 N–H and O–H groups in total. The monoisotopic (exact) mass is 218 g/mol. The largest absolute Gasteiger partial charge is 0.497 e. The Morgan fingerprint density at radius 3 is 2.47 bits per heavy atom. The van der Waals surface area contributed by atoms with Gasteiger partial charge in [0, 0.05) is 0 Å². The minimum absolute atomic E-state index is 0.204. The maximum Gasteiger partial charge on any atom is 0.416 e. The van der Waals surface area contributed by atoms with Crippen molar-refractivity contribution in [2.24, 2.45) is 0 Å². The molecule has 82 valence electrons. The highest BCUT2D eigenvalue weighted by atomic mass is 19.4. The minimum atomic E-state index is -4.35. The third kappa shape index (κ3) is 2.23. The standard InChI is InChI=1S/C10H9F3O2/c1-14-8-3-6(9-5-15-9)2-7(4-8)10(11,12)13/h2-4,9H,5H2,1H3. The average Bonchev–Trinajstić information content (AvgIpc) is 2.99. The molecule has 1 unspecified atom stereocenters. The quantitative estimate of drug-likeness (QED) is 0.712. The van der Waals surface area contributed by atoms with Crippen LogP contribution in [0.4, 0.5) is 13.2 Å². The molecule has 1 aromatic carbocycles. The van der Waals surface area contributed by atoms with Crippen LogP contribution in [0.2, 0.25) is 0 Å². The molecule has 0 radical (unpaired) electrons. The molecular formula is C10H9F3O2. The summed E-state index contributed by atoms with van der Waals surface area (Å²) in [6.45, 7) is 0.477. The van der Waals surface area contributed by atoms with Crippen molar-refractivity contribution < 1.29 is 22.6 Å². The van der Waals surface area contributed by atoms with Gasteiger partial charge in [-0.25, -0.2) is 0 Å². The van der Waals surface area contributed by atoms with E-state index in [4.69, 9.17) is 9.47 Å². The van der Waals surface area contributed by atoms with Gasteiger partial charge in [-0.1, -0.05) is 0 Å². The van der Waals surface area contributed by atoms with Crippen molar-refractivity contribution in [3.63, 3.8) is 0 Å². The lowest BCUT2D eigenvalue weighted by Gasteiger charge is -2.10. The van der Waals surface area contributed by atoms with Crippen LogP contribution in [0.3, 0.4) is 0 Å². The smallest absolute Gasteiger partial charge is 0.416 e. The lowest BCUT2D eigenvalue weighted by molar-refractivity contribution is -0.137. The van der Waals surface area contributed by atoms with Crippen LogP contribution in [0.15, 0.2) is 18.2 Å². The average molecular weight is 218 g/mol. The van der Waals surface area contributed by atoms with Gasteiger partial charge in [0.05, 0.1) is 19.3 Å². The Morgan fingerprint density at radius 1 is 1.33 bits per heavy atom. The van der Waals surface area contributed by atoms with E-state index in [0.717, 1.165) is 12.1 Å². The number of epoxide rings is 1. The van der Waals surface area contributed by atoms with E-state index in [1.807, 2.05) is 0 Å². The fourth-order valence-corrected chi connectivity index (χ4v) is 1.33. The molecule has 1 aromatic rings. The summed E-state index contributed by atoms with van der Waals surface area (Å²) in [5, 5.41) is 0. The first-order chi connectivity index (χ1) is 7.00. The lowest BCUT2D eigenvalue weighted by atomic mass is 10.1. The van der Waals surface area contributed by atoms with Crippen LogP contribution < -0.4 is 4.74 Å². The number of methoxy groups -OCH3 is 1. The predicted octanol–water partition coefficient (Wildman–Crippen LogP) is 2.79. The van der Waals surface area contributed by atoms with Crippen molar-refractivity contribution >= 4 is 0 Å². The normalized spacial score (nSPS) is 20.1. The number of halogens is 3. The molecule has 0 bridgehead atoms. The summed E-state index contributed by atoms with van der Waals surface area (Å²) in [5.41, 5.74) is -0.186. The summed E-state index contributed by atoms with van der Waals surface area (Å²) in [5.74, 6) is 0.204. The molecule has 0 aliphatic carbocycles. The highest BCUT2D eigenvalue weighted by molar-refractivity contribution is 5.38. The molecule has 0 spiro atoms. The Kier molecular flexibility index (Phi) is 2.34. The molecule has 2 rings (SSSR count). The van der Waals surface area contributed by atoms with Gasteiger partial charge in [0.15, 0.2) is 0 Å². The molecule has 5 heteroatoms. The Bertz CT molecular complexity index is 369. The third-order valence-electron chi connectivity index (χ3n) is 2.20. The zero-order chi connectivity index (χ0) is 11.1. The number of ether oxygens (including phenoxy) is 2. The van der Waals surface area contributed by atoms with Gasteiger partial charge in [-0.15, -0.1) is 0 Å². The number of hydrogen-bond donors (Lipinski definition) is 0. The van der Waals surface area contributed by atoms with Crippen molar-refractivity contribution in [2.75, 3.05) is 13.7 Å². The lowest BCUT2D eigenvalue weighted by Crippen LogP contribution is -2.06. The molecule has 1 aliphatic heterocycles. The highest BCUT2D eigenvalue weighted by Gasteiger charge is 2.34. The molecule has 1 heterocycles. The van der Waals surface area contributed by atoms with E-state index in [1.165, 1.54) is 7.11 Å². The Morgan fingerprint density at radius 2 is 2.00 bits per heavy atom. The van der Waals surface area contributed by atoms with Crippen LogP contribution in [0.1, 0.15) is 17.2 Å². The summed E-state index contributed by atoms with van der Waals surface area (Å²) in [6, 6.07) is 3.64. The molecule has 2 nitrogen and oxygen atoms in total. The zero-order valence-corrected chi connectivity index (χ0v) is 7.97. The fourth-order valence-electron chi connectivity index (χ4n) is 1.33. The second-order valence-electron chi connectivity index (χ2n) is 3.31. The second kappa shape index (κ2) is 3.41. The van der Waals surface area contributed by atoms with Gasteiger partial charge in [0.1, 0.15) is 11.9 Å². The van der Waals surface area contributed by atoms with Crippen molar-refractivity contribution in [3.8, 4) is 5.75 Å². The van der Waals surface area contributed by atoms with Gasteiger partial charge in [0.25, 0.3) is 0 Å². The van der Waals surface area contributed by atoms with E-state index in [0.29, 0.717) is 12.2 Å². The summed E-state index contributed by atoms with van der Waals surface area (Å²) in [4.78, 5) is 0. The maximum atomic E-state index is 12.5. The number of rotatable bonds is 2. The molecule has 15 heavy (non-hydrogen) atoms. The molecule has 1 aliphatic rings. The van der Waals surface area contributed by atoms with Crippen LogP contribution in [-0.4, -0.2) is 13.7 Å². The van der Waals surface area contributed by atoms with E-state index < -0.39 is 11.7 Å². The van der Waals surface area contributed by atoms with Gasteiger partial charge >= 0.3 is 6.18 Å². The first-order valence-electron chi connectivity index (χ1n) is 4.38. The van der Waals surface area contributed by atoms with E-state index in [-0.39, 0.29) is 11.9 Å². The van der Waals surface area contributed by atoms with E-state index in [1.54, 1.807) is 6.07 Å². The Labute approximate surface area is 84.6 Å². The molecule has 0 saturated carbocycles. The third-order valence-corrected chi connectivity index (χ3v) is 2.20. The number of hydrogen-bond acceptors (Lipinski definition) is 2. The van der Waals surface area contributed by atoms with Gasteiger partial charge < -0.3 is 9.47 Å². The van der Waals surface area contributed by atoms with Crippen LogP contribution >= 0.6 is 0 Å². The summed E-state index contributed by atoms with van der Waals surface area (Å²) in [6.07, 6.45) is -4.56. The molecule has 0 aromatic heterocycles. The Balaban J connectivity index is 2.41. The van der Waals surface area contributed by atoms with Gasteiger partial charge in [0.2, 0.25) is 0 Å².